The molecule has 7 heteroatoms. The van der Waals surface area contributed by atoms with Crippen LogP contribution in [-0.2, 0) is 4.79 Å². The Morgan fingerprint density at radius 1 is 1.39 bits per heavy atom. The molecular formula is C11H10FNO4S. The maximum atomic E-state index is 12.6. The van der Waals surface area contributed by atoms with Gasteiger partial charge in [0, 0.05) is 0 Å². The lowest BCUT2D eigenvalue weighted by atomic mass is 10.3. The highest BCUT2D eigenvalue weighted by atomic mass is 32.2. The van der Waals surface area contributed by atoms with Gasteiger partial charge in [-0.05, 0) is 24.3 Å². The Bertz CT molecular complexity index is 449. The first-order valence-corrected chi connectivity index (χ1v) is 6.12. The van der Waals surface area contributed by atoms with Crippen LogP contribution in [0.3, 0.4) is 0 Å². The molecule has 0 saturated carbocycles. The predicted molar refractivity (Wildman–Crippen MR) is 62.6 cm³/mol. The van der Waals surface area contributed by atoms with E-state index in [0.29, 0.717) is 5.75 Å². The zero-order valence-corrected chi connectivity index (χ0v) is 10.0. The quantitative estimate of drug-likeness (QED) is 0.891. The van der Waals surface area contributed by atoms with Gasteiger partial charge in [-0.2, -0.15) is 0 Å². The van der Waals surface area contributed by atoms with Gasteiger partial charge in [0.05, 0.1) is 5.75 Å². The normalized spacial score (nSPS) is 17.1. The third-order valence-corrected chi connectivity index (χ3v) is 3.13. The lowest BCUT2D eigenvalue weighted by molar-refractivity contribution is -0.133. The van der Waals surface area contributed by atoms with Gasteiger partial charge in [0.15, 0.2) is 6.23 Å². The molecule has 1 aromatic carbocycles. The second kappa shape index (κ2) is 5.36. The summed E-state index contributed by atoms with van der Waals surface area (Å²) in [4.78, 5) is 23.3. The van der Waals surface area contributed by atoms with E-state index in [-0.39, 0.29) is 12.4 Å². The summed E-state index contributed by atoms with van der Waals surface area (Å²) in [6, 6.07) is 5.21. The van der Waals surface area contributed by atoms with E-state index in [4.69, 9.17) is 4.74 Å². The molecule has 1 aliphatic heterocycles. The van der Waals surface area contributed by atoms with E-state index < -0.39 is 23.2 Å². The van der Waals surface area contributed by atoms with Gasteiger partial charge in [-0.25, -0.2) is 9.29 Å². The SMILES string of the molecule is O=C1CSC(=O)N1C(O)COc1ccc(F)cc1. The molecule has 1 aromatic rings. The Labute approximate surface area is 107 Å². The van der Waals surface area contributed by atoms with E-state index in [2.05, 4.69) is 0 Å². The maximum Gasteiger partial charge on any atom is 0.291 e. The number of aliphatic hydroxyl groups is 1. The number of carbonyl (C=O) groups is 2. The summed E-state index contributed by atoms with van der Waals surface area (Å²) >= 11 is 0.838. The largest absolute Gasteiger partial charge is 0.489 e. The summed E-state index contributed by atoms with van der Waals surface area (Å²) in [6.45, 7) is -0.246. The fraction of sp³-hybridized carbons (Fsp3) is 0.273. The lowest BCUT2D eigenvalue weighted by Gasteiger charge is -2.20. The molecule has 2 amide bonds. The van der Waals surface area contributed by atoms with Gasteiger partial charge >= 0.3 is 0 Å². The van der Waals surface area contributed by atoms with E-state index >= 15 is 0 Å². The Kier molecular flexibility index (Phi) is 3.83. The first-order valence-electron chi connectivity index (χ1n) is 5.13. The molecule has 0 aliphatic carbocycles. The van der Waals surface area contributed by atoms with Gasteiger partial charge in [0.1, 0.15) is 18.2 Å². The zero-order chi connectivity index (χ0) is 13.1. The predicted octanol–water partition coefficient (Wildman–Crippen LogP) is 1.22. The fourth-order valence-corrected chi connectivity index (χ4v) is 2.18. The van der Waals surface area contributed by atoms with Crippen molar-refractivity contribution in [1.29, 1.82) is 0 Å². The average molecular weight is 271 g/mol. The molecule has 0 bridgehead atoms. The van der Waals surface area contributed by atoms with Gasteiger partial charge in [-0.1, -0.05) is 11.8 Å². The molecule has 96 valence electrons. The highest BCUT2D eigenvalue weighted by molar-refractivity contribution is 8.14. The number of rotatable bonds is 4. The van der Waals surface area contributed by atoms with Crippen molar-refractivity contribution in [3.63, 3.8) is 0 Å². The number of thioether (sulfide) groups is 1. The van der Waals surface area contributed by atoms with E-state index in [0.717, 1.165) is 16.7 Å². The Hall–Kier alpha value is -1.60. The second-order valence-electron chi connectivity index (χ2n) is 3.56. The first kappa shape index (κ1) is 12.8. The van der Waals surface area contributed by atoms with E-state index in [1.165, 1.54) is 24.3 Å². The van der Waals surface area contributed by atoms with Crippen molar-refractivity contribution in [3.05, 3.63) is 30.1 Å². The molecule has 1 fully saturated rings. The Balaban J connectivity index is 1.92. The molecular weight excluding hydrogens is 261 g/mol. The van der Waals surface area contributed by atoms with Crippen LogP contribution in [0.15, 0.2) is 24.3 Å². The zero-order valence-electron chi connectivity index (χ0n) is 9.21. The van der Waals surface area contributed by atoms with E-state index in [9.17, 15) is 19.1 Å². The third kappa shape index (κ3) is 2.80. The number of hydrogen-bond acceptors (Lipinski definition) is 5. The summed E-state index contributed by atoms with van der Waals surface area (Å²) in [5.74, 6) is -0.460. The van der Waals surface area contributed by atoms with Crippen LogP contribution in [0.2, 0.25) is 0 Å². The van der Waals surface area contributed by atoms with Gasteiger partial charge in [-0.3, -0.25) is 9.59 Å². The standard InChI is InChI=1S/C11H10FNO4S/c12-7-1-3-8(4-2-7)17-5-9(14)13-10(15)6-18-11(13)16/h1-4,9,14H,5-6H2. The van der Waals surface area contributed by atoms with Gasteiger partial charge in [0.25, 0.3) is 5.24 Å². The monoisotopic (exact) mass is 271 g/mol. The van der Waals surface area contributed by atoms with Gasteiger partial charge in [-0.15, -0.1) is 0 Å². The maximum absolute atomic E-state index is 12.6. The fourth-order valence-electron chi connectivity index (χ4n) is 1.43. The molecule has 1 unspecified atom stereocenters. The van der Waals surface area contributed by atoms with Crippen molar-refractivity contribution in [2.45, 2.75) is 6.23 Å². The van der Waals surface area contributed by atoms with Gasteiger partial charge < -0.3 is 9.84 Å². The van der Waals surface area contributed by atoms with Crippen LogP contribution in [0, 0.1) is 5.82 Å². The molecule has 0 spiro atoms. The molecule has 0 aromatic heterocycles. The van der Waals surface area contributed by atoms with Crippen molar-refractivity contribution in [2.75, 3.05) is 12.4 Å². The van der Waals surface area contributed by atoms with Gasteiger partial charge in [0.2, 0.25) is 5.91 Å². The molecule has 1 N–H and O–H groups in total. The second-order valence-corrected chi connectivity index (χ2v) is 4.49. The molecule has 18 heavy (non-hydrogen) atoms. The lowest BCUT2D eigenvalue weighted by Crippen LogP contribution is -2.42. The van der Waals surface area contributed by atoms with Crippen molar-refractivity contribution >= 4 is 22.9 Å². The number of halogens is 1. The minimum Gasteiger partial charge on any atom is -0.489 e. The van der Waals surface area contributed by atoms with E-state index in [1.54, 1.807) is 0 Å². The van der Waals surface area contributed by atoms with Crippen LogP contribution in [0.5, 0.6) is 5.75 Å². The first-order chi connectivity index (χ1) is 8.58. The number of benzene rings is 1. The van der Waals surface area contributed by atoms with Crippen LogP contribution >= 0.6 is 11.8 Å². The molecule has 1 heterocycles. The summed E-state index contributed by atoms with van der Waals surface area (Å²) in [7, 11) is 0. The summed E-state index contributed by atoms with van der Waals surface area (Å²) in [5, 5.41) is 9.19. The number of hydrogen-bond donors (Lipinski definition) is 1. The van der Waals surface area contributed by atoms with E-state index in [1.807, 2.05) is 0 Å². The number of carbonyl (C=O) groups excluding carboxylic acids is 2. The minimum absolute atomic E-state index is 0.0342. The minimum atomic E-state index is -1.33. The third-order valence-electron chi connectivity index (χ3n) is 2.30. The summed E-state index contributed by atoms with van der Waals surface area (Å²) in [5.41, 5.74) is 0. The number of amides is 2. The average Bonchev–Trinajstić information content (AvgIpc) is 2.68. The van der Waals surface area contributed by atoms with Crippen molar-refractivity contribution < 1.29 is 23.8 Å². The molecule has 1 atom stereocenters. The molecule has 5 nitrogen and oxygen atoms in total. The number of imide groups is 1. The van der Waals surface area contributed by atoms with Crippen LogP contribution in [0.25, 0.3) is 0 Å². The Morgan fingerprint density at radius 2 is 2.06 bits per heavy atom. The molecule has 2 rings (SSSR count). The molecule has 0 radical (unpaired) electrons. The summed E-state index contributed by atoms with van der Waals surface area (Å²) < 4.78 is 17.8. The van der Waals surface area contributed by atoms with Crippen LogP contribution in [0.1, 0.15) is 0 Å². The van der Waals surface area contributed by atoms with Crippen molar-refractivity contribution in [1.82, 2.24) is 4.90 Å². The highest BCUT2D eigenvalue weighted by Gasteiger charge is 2.35. The van der Waals surface area contributed by atoms with Crippen LogP contribution < -0.4 is 4.74 Å². The van der Waals surface area contributed by atoms with Crippen molar-refractivity contribution in [2.24, 2.45) is 0 Å². The Morgan fingerprint density at radius 3 is 2.61 bits per heavy atom. The smallest absolute Gasteiger partial charge is 0.291 e. The summed E-state index contributed by atoms with van der Waals surface area (Å²) in [6.07, 6.45) is -1.33. The van der Waals surface area contributed by atoms with Crippen LogP contribution in [0.4, 0.5) is 9.18 Å². The molecule has 1 saturated heterocycles. The molecule has 1 aliphatic rings. The van der Waals surface area contributed by atoms with Crippen molar-refractivity contribution in [3.8, 4) is 5.75 Å². The van der Waals surface area contributed by atoms with Crippen LogP contribution in [-0.4, -0.2) is 39.7 Å². The topological polar surface area (TPSA) is 66.8 Å². The number of aliphatic hydroxyl groups excluding tert-OH is 1. The number of nitrogens with zero attached hydrogens (tertiary/aromatic N) is 1. The highest BCUT2D eigenvalue weighted by Crippen LogP contribution is 2.21. The number of ether oxygens (including phenoxy) is 1.